The number of likely N-dealkylation sites (tertiary alicyclic amines) is 1. The fraction of sp³-hybridized carbons (Fsp3) is 1.00. The second-order valence-corrected chi connectivity index (χ2v) is 10.2. The summed E-state index contributed by atoms with van der Waals surface area (Å²) in [6, 6.07) is -0.535. The Bertz CT molecular complexity index is 506. The highest BCUT2D eigenvalue weighted by molar-refractivity contribution is 4.94. The Kier molecular flexibility index (Phi) is 10.5. The van der Waals surface area contributed by atoms with Crippen molar-refractivity contribution in [2.24, 2.45) is 17.8 Å². The van der Waals surface area contributed by atoms with Crippen molar-refractivity contribution in [2.75, 3.05) is 32.9 Å². The molecule has 0 aromatic heterocycles. The van der Waals surface area contributed by atoms with Crippen molar-refractivity contribution in [3.8, 4) is 0 Å². The van der Waals surface area contributed by atoms with Crippen LogP contribution >= 0.6 is 0 Å². The van der Waals surface area contributed by atoms with Crippen LogP contribution in [0.3, 0.4) is 0 Å². The Morgan fingerprint density at radius 3 is 2.39 bits per heavy atom. The zero-order chi connectivity index (χ0) is 22.2. The van der Waals surface area contributed by atoms with Gasteiger partial charge < -0.3 is 25.2 Å². The third-order valence-electron chi connectivity index (χ3n) is 7.99. The van der Waals surface area contributed by atoms with E-state index in [2.05, 4.69) is 0 Å². The number of hydrogen-bond acceptors (Lipinski definition) is 6. The van der Waals surface area contributed by atoms with Crippen LogP contribution in [0.2, 0.25) is 0 Å². The van der Waals surface area contributed by atoms with E-state index in [1.807, 2.05) is 4.90 Å². The Morgan fingerprint density at radius 2 is 1.68 bits per heavy atom. The number of nitrogens with zero attached hydrogens (tertiary/aromatic N) is 1. The standard InChI is InChI=1S/C24H44FNO5/c25-20-13-17(9-10-19(20)18-7-3-1-4-8-18)16-31-12-6-2-5-11-26-14-22(28)24(30)23(29)21(26)15-27/h17-24,27-30H,1-16H2/t17?,19?,20?,21-,22-,23+,24+/m0/s1. The number of rotatable bonds is 10. The van der Waals surface area contributed by atoms with Gasteiger partial charge in [0.25, 0.3) is 0 Å². The zero-order valence-electron chi connectivity index (χ0n) is 19.0. The number of aliphatic hydroxyl groups excluding tert-OH is 4. The predicted molar refractivity (Wildman–Crippen MR) is 117 cm³/mol. The summed E-state index contributed by atoms with van der Waals surface area (Å²) in [5.74, 6) is 1.25. The number of piperidine rings is 1. The molecular formula is C24H44FNO5. The van der Waals surface area contributed by atoms with Gasteiger partial charge in [-0.25, -0.2) is 4.39 Å². The van der Waals surface area contributed by atoms with E-state index in [0.717, 1.165) is 32.1 Å². The second kappa shape index (κ2) is 12.8. The van der Waals surface area contributed by atoms with Gasteiger partial charge in [-0.15, -0.1) is 0 Å². The van der Waals surface area contributed by atoms with Crippen LogP contribution in [0.5, 0.6) is 0 Å². The van der Waals surface area contributed by atoms with Gasteiger partial charge in [-0.1, -0.05) is 32.1 Å². The molecule has 3 aliphatic rings. The zero-order valence-corrected chi connectivity index (χ0v) is 19.0. The van der Waals surface area contributed by atoms with E-state index in [9.17, 15) is 24.8 Å². The number of ether oxygens (including phenoxy) is 1. The first kappa shape index (κ1) is 25.3. The SMILES string of the molecule is OC[C@H]1[C@@H](O)[C@H](O)[C@@H](O)CN1CCCCCOCC1CCC(C2CCCCC2)C(F)C1. The minimum atomic E-state index is -1.21. The molecule has 3 rings (SSSR count). The number of β-amino-alcohol motifs (C(OH)–C–C–N with tert-alkyl or cyclic N) is 1. The number of alkyl halides is 1. The Balaban J connectivity index is 1.24. The highest BCUT2D eigenvalue weighted by Crippen LogP contribution is 2.41. The molecule has 0 amide bonds. The van der Waals surface area contributed by atoms with Crippen LogP contribution in [0.1, 0.15) is 70.6 Å². The monoisotopic (exact) mass is 445 g/mol. The summed E-state index contributed by atoms with van der Waals surface area (Å²) in [6.07, 6.45) is 7.86. The molecule has 2 aliphatic carbocycles. The van der Waals surface area contributed by atoms with Crippen molar-refractivity contribution in [3.05, 3.63) is 0 Å². The number of unbranched alkanes of at least 4 members (excludes halogenated alkanes) is 2. The van der Waals surface area contributed by atoms with Crippen molar-refractivity contribution in [3.63, 3.8) is 0 Å². The lowest BCUT2D eigenvalue weighted by atomic mass is 9.70. The van der Waals surface area contributed by atoms with Crippen molar-refractivity contribution in [1.29, 1.82) is 0 Å². The third-order valence-corrected chi connectivity index (χ3v) is 7.99. The van der Waals surface area contributed by atoms with Gasteiger partial charge in [0.1, 0.15) is 18.4 Å². The highest BCUT2D eigenvalue weighted by atomic mass is 19.1. The van der Waals surface area contributed by atoms with Crippen molar-refractivity contribution in [1.82, 2.24) is 4.90 Å². The van der Waals surface area contributed by atoms with Gasteiger partial charge in [0.15, 0.2) is 0 Å². The van der Waals surface area contributed by atoms with E-state index < -0.39 is 30.5 Å². The molecule has 1 saturated heterocycles. The maximum Gasteiger partial charge on any atom is 0.109 e. The molecule has 31 heavy (non-hydrogen) atoms. The van der Waals surface area contributed by atoms with Crippen molar-refractivity contribution < 1.29 is 29.6 Å². The van der Waals surface area contributed by atoms with Crippen LogP contribution in [0, 0.1) is 17.8 Å². The lowest BCUT2D eigenvalue weighted by Gasteiger charge is -2.43. The van der Waals surface area contributed by atoms with Gasteiger partial charge in [-0.3, -0.25) is 4.90 Å². The average molecular weight is 446 g/mol. The van der Waals surface area contributed by atoms with Crippen LogP contribution in [0.25, 0.3) is 0 Å². The molecule has 3 fully saturated rings. The number of hydrogen-bond donors (Lipinski definition) is 4. The molecule has 7 atom stereocenters. The average Bonchev–Trinajstić information content (AvgIpc) is 2.77. The molecule has 0 aromatic rings. The molecule has 4 N–H and O–H groups in total. The Labute approximate surface area is 186 Å². The molecule has 7 heteroatoms. The molecule has 0 radical (unpaired) electrons. The summed E-state index contributed by atoms with van der Waals surface area (Å²) >= 11 is 0. The molecule has 3 unspecified atom stereocenters. The first-order chi connectivity index (χ1) is 15.0. The van der Waals surface area contributed by atoms with Gasteiger partial charge in [0.05, 0.1) is 18.8 Å². The van der Waals surface area contributed by atoms with Gasteiger partial charge in [0.2, 0.25) is 0 Å². The Morgan fingerprint density at radius 1 is 0.903 bits per heavy atom. The maximum absolute atomic E-state index is 14.7. The normalized spacial score (nSPS) is 38.4. The highest BCUT2D eigenvalue weighted by Gasteiger charge is 2.40. The van der Waals surface area contributed by atoms with Gasteiger partial charge in [-0.05, 0) is 62.8 Å². The molecule has 1 heterocycles. The summed E-state index contributed by atoms with van der Waals surface area (Å²) in [6.45, 7) is 2.00. The van der Waals surface area contributed by atoms with Crippen molar-refractivity contribution in [2.45, 2.75) is 101 Å². The molecule has 0 aromatic carbocycles. The lowest BCUT2D eigenvalue weighted by molar-refractivity contribution is -0.145. The quantitative estimate of drug-likeness (QED) is 0.386. The van der Waals surface area contributed by atoms with Gasteiger partial charge in [0, 0.05) is 19.8 Å². The largest absolute Gasteiger partial charge is 0.395 e. The number of halogens is 1. The van der Waals surface area contributed by atoms with Gasteiger partial charge in [-0.2, -0.15) is 0 Å². The molecule has 0 bridgehead atoms. The minimum Gasteiger partial charge on any atom is -0.395 e. The third kappa shape index (κ3) is 7.08. The summed E-state index contributed by atoms with van der Waals surface area (Å²) < 4.78 is 20.6. The van der Waals surface area contributed by atoms with E-state index in [-0.39, 0.29) is 19.1 Å². The van der Waals surface area contributed by atoms with E-state index in [1.165, 1.54) is 32.1 Å². The first-order valence-electron chi connectivity index (χ1n) is 12.6. The molecule has 2 saturated carbocycles. The lowest BCUT2D eigenvalue weighted by Crippen LogP contribution is -2.62. The fourth-order valence-corrected chi connectivity index (χ4v) is 6.05. The predicted octanol–water partition coefficient (Wildman–Crippen LogP) is 2.27. The molecule has 0 spiro atoms. The van der Waals surface area contributed by atoms with E-state index in [4.69, 9.17) is 4.74 Å². The number of aliphatic hydroxyl groups is 4. The summed E-state index contributed by atoms with van der Waals surface area (Å²) in [4.78, 5) is 1.86. The molecule has 6 nitrogen and oxygen atoms in total. The first-order valence-corrected chi connectivity index (χ1v) is 12.6. The summed E-state index contributed by atoms with van der Waals surface area (Å²) in [7, 11) is 0. The Hall–Kier alpha value is -0.310. The van der Waals surface area contributed by atoms with Crippen LogP contribution < -0.4 is 0 Å². The second-order valence-electron chi connectivity index (χ2n) is 10.2. The molecular weight excluding hydrogens is 401 g/mol. The van der Waals surface area contributed by atoms with Crippen LogP contribution in [-0.2, 0) is 4.74 Å². The minimum absolute atomic E-state index is 0.243. The molecule has 1 aliphatic heterocycles. The van der Waals surface area contributed by atoms with Gasteiger partial charge >= 0.3 is 0 Å². The van der Waals surface area contributed by atoms with Crippen molar-refractivity contribution >= 4 is 0 Å². The van der Waals surface area contributed by atoms with Crippen LogP contribution in [-0.4, -0.2) is 88.8 Å². The maximum atomic E-state index is 14.7. The topological polar surface area (TPSA) is 93.4 Å². The fourth-order valence-electron chi connectivity index (χ4n) is 6.05. The van der Waals surface area contributed by atoms with Crippen LogP contribution in [0.15, 0.2) is 0 Å². The summed E-state index contributed by atoms with van der Waals surface area (Å²) in [5, 5.41) is 39.1. The smallest absolute Gasteiger partial charge is 0.109 e. The van der Waals surface area contributed by atoms with E-state index in [1.54, 1.807) is 0 Å². The van der Waals surface area contributed by atoms with Crippen LogP contribution in [0.4, 0.5) is 4.39 Å². The van der Waals surface area contributed by atoms with E-state index >= 15 is 0 Å². The molecule has 182 valence electrons. The summed E-state index contributed by atoms with van der Waals surface area (Å²) in [5.41, 5.74) is 0. The van der Waals surface area contributed by atoms with E-state index in [0.29, 0.717) is 38.0 Å².